The van der Waals surface area contributed by atoms with E-state index in [-0.39, 0.29) is 0 Å². The van der Waals surface area contributed by atoms with Crippen molar-refractivity contribution in [2.45, 2.75) is 0 Å². The Kier molecular flexibility index (Phi) is 1.88. The Morgan fingerprint density at radius 1 is 1.40 bits per heavy atom. The number of isocyanates is 1. The van der Waals surface area contributed by atoms with E-state index in [0.717, 1.165) is 5.56 Å². The maximum absolute atomic E-state index is 9.81. The highest BCUT2D eigenvalue weighted by Crippen LogP contribution is 2.15. The lowest BCUT2D eigenvalue weighted by molar-refractivity contribution is 0.565. The number of hydrogen-bond acceptors (Lipinski definition) is 2. The molecule has 10 heavy (non-hydrogen) atoms. The molecule has 0 saturated carbocycles. The first kappa shape index (κ1) is 6.59. The quantitative estimate of drug-likeness (QED) is 0.325. The molecule has 0 aromatic heterocycles. The Labute approximate surface area is 59.2 Å². The molecule has 0 saturated heterocycles. The first-order chi connectivity index (χ1) is 4.84. The van der Waals surface area contributed by atoms with Crippen molar-refractivity contribution < 1.29 is 4.79 Å². The summed E-state index contributed by atoms with van der Waals surface area (Å²) >= 11 is 0. The fraction of sp³-hybridized carbons (Fsp3) is 0. The average Bonchev–Trinajstić information content (AvgIpc) is 1.94. The van der Waals surface area contributed by atoms with E-state index in [9.17, 15) is 4.79 Å². The predicted octanol–water partition coefficient (Wildman–Crippen LogP) is 1.84. The molecular weight excluding hydrogens is 126 g/mol. The van der Waals surface area contributed by atoms with Gasteiger partial charge in [0.25, 0.3) is 0 Å². The van der Waals surface area contributed by atoms with E-state index in [4.69, 9.17) is 0 Å². The molecule has 0 aliphatic carbocycles. The highest BCUT2D eigenvalue weighted by atomic mass is 16.1. The number of benzene rings is 1. The Morgan fingerprint density at radius 3 is 2.70 bits per heavy atom. The summed E-state index contributed by atoms with van der Waals surface area (Å²) in [6.45, 7) is 3.67. The lowest BCUT2D eigenvalue weighted by Crippen LogP contribution is -1.70. The lowest BCUT2D eigenvalue weighted by Gasteiger charge is -2.03. The zero-order valence-corrected chi connectivity index (χ0v) is 5.37. The molecule has 2 nitrogen and oxygen atoms in total. The molecule has 0 N–H and O–H groups in total. The molecule has 0 atom stereocenters. The summed E-state index contributed by atoms with van der Waals surface area (Å²) in [6.07, 6.45) is 1.46. The van der Waals surface area contributed by atoms with Crippen LogP contribution in [0.2, 0.25) is 0 Å². The van der Waals surface area contributed by atoms with Crippen molar-refractivity contribution in [3.05, 3.63) is 36.8 Å². The summed E-state index contributed by atoms with van der Waals surface area (Å²) in [5.41, 5.74) is 1.32. The van der Waals surface area contributed by atoms with Crippen LogP contribution >= 0.6 is 0 Å². The largest absolute Gasteiger partial charge is 0.235 e. The van der Waals surface area contributed by atoms with Crippen LogP contribution in [-0.2, 0) is 4.79 Å². The average molecular weight is 132 g/mol. The molecule has 1 aromatic rings. The molecular formula is C8H6NO-. The van der Waals surface area contributed by atoms with E-state index in [2.05, 4.69) is 11.9 Å². The standard InChI is InChI=1S/C8H6NO/c1-7-4-2-3-5-8(7)9-6-10/h2-5H,1H2/q-1. The van der Waals surface area contributed by atoms with Gasteiger partial charge in [-0.25, -0.2) is 9.79 Å². The molecule has 0 bridgehead atoms. The summed E-state index contributed by atoms with van der Waals surface area (Å²) < 4.78 is 0. The number of hydrogen-bond donors (Lipinski definition) is 0. The van der Waals surface area contributed by atoms with Gasteiger partial charge in [-0.1, -0.05) is 12.1 Å². The van der Waals surface area contributed by atoms with E-state index >= 15 is 0 Å². The molecule has 1 rings (SSSR count). The summed E-state index contributed by atoms with van der Waals surface area (Å²) in [7, 11) is 0. The number of nitrogens with zero attached hydrogens (tertiary/aromatic N) is 1. The molecule has 0 aliphatic rings. The molecule has 0 unspecified atom stereocenters. The minimum Gasteiger partial charge on any atom is -0.235 e. The molecule has 2 heteroatoms. The van der Waals surface area contributed by atoms with Gasteiger partial charge >= 0.3 is 0 Å². The second kappa shape index (κ2) is 2.85. The first-order valence-electron chi connectivity index (χ1n) is 2.83. The number of aliphatic imine (C=N–C) groups is 1. The van der Waals surface area contributed by atoms with E-state index in [1.165, 1.54) is 6.08 Å². The molecule has 1 aromatic carbocycles. The minimum absolute atomic E-state index is 0.581. The Hall–Kier alpha value is -1.53. The van der Waals surface area contributed by atoms with Gasteiger partial charge in [0.05, 0.1) is 0 Å². The monoisotopic (exact) mass is 132 g/mol. The highest BCUT2D eigenvalue weighted by molar-refractivity contribution is 5.54. The Bertz CT molecular complexity index is 274. The summed E-state index contributed by atoms with van der Waals surface area (Å²) in [4.78, 5) is 13.2. The van der Waals surface area contributed by atoms with Crippen molar-refractivity contribution in [3.8, 4) is 0 Å². The van der Waals surface area contributed by atoms with Crippen LogP contribution in [0.5, 0.6) is 0 Å². The van der Waals surface area contributed by atoms with Gasteiger partial charge in [-0.05, 0) is 5.69 Å². The lowest BCUT2D eigenvalue weighted by atomic mass is 10.2. The molecule has 50 valence electrons. The van der Waals surface area contributed by atoms with Crippen molar-refractivity contribution in [2.75, 3.05) is 0 Å². The van der Waals surface area contributed by atoms with Crippen molar-refractivity contribution in [2.24, 2.45) is 4.99 Å². The van der Waals surface area contributed by atoms with Crippen LogP contribution in [0.3, 0.4) is 0 Å². The Balaban J connectivity index is 3.14. The summed E-state index contributed by atoms with van der Waals surface area (Å²) in [6, 6.07) is 7.14. The van der Waals surface area contributed by atoms with Crippen molar-refractivity contribution >= 4 is 11.8 Å². The van der Waals surface area contributed by atoms with E-state index in [0.29, 0.717) is 5.69 Å². The van der Waals surface area contributed by atoms with Gasteiger partial charge in [0.2, 0.25) is 6.08 Å². The fourth-order valence-corrected chi connectivity index (χ4v) is 0.669. The molecule has 0 spiro atoms. The fourth-order valence-electron chi connectivity index (χ4n) is 0.669. The van der Waals surface area contributed by atoms with E-state index in [1.807, 2.05) is 6.07 Å². The molecule has 0 radical (unpaired) electrons. The third-order valence-electron chi connectivity index (χ3n) is 1.16. The maximum atomic E-state index is 9.81. The van der Waals surface area contributed by atoms with Crippen LogP contribution in [0.15, 0.2) is 29.3 Å². The highest BCUT2D eigenvalue weighted by Gasteiger charge is 1.80. The molecule has 0 amide bonds. The topological polar surface area (TPSA) is 29.4 Å². The van der Waals surface area contributed by atoms with Crippen molar-refractivity contribution in [3.63, 3.8) is 0 Å². The summed E-state index contributed by atoms with van der Waals surface area (Å²) in [5.74, 6) is 0. The third-order valence-corrected chi connectivity index (χ3v) is 1.16. The van der Waals surface area contributed by atoms with E-state index < -0.39 is 0 Å². The van der Waals surface area contributed by atoms with Crippen LogP contribution in [0.1, 0.15) is 5.56 Å². The molecule has 0 aliphatic heterocycles. The van der Waals surface area contributed by atoms with Crippen LogP contribution in [0.25, 0.3) is 0 Å². The van der Waals surface area contributed by atoms with Gasteiger partial charge in [-0.15, -0.1) is 6.07 Å². The molecule has 0 fully saturated rings. The SMILES string of the molecule is [CH2-]c1ccccc1N=C=O. The third kappa shape index (κ3) is 1.24. The zero-order chi connectivity index (χ0) is 7.40. The number of para-hydroxylation sites is 1. The van der Waals surface area contributed by atoms with Gasteiger partial charge in [-0.3, -0.25) is 0 Å². The van der Waals surface area contributed by atoms with Crippen LogP contribution in [0.4, 0.5) is 5.69 Å². The van der Waals surface area contributed by atoms with E-state index in [1.54, 1.807) is 18.2 Å². The predicted molar refractivity (Wildman–Crippen MR) is 38.7 cm³/mol. The summed E-state index contributed by atoms with van der Waals surface area (Å²) in [5, 5.41) is 0. The van der Waals surface area contributed by atoms with Gasteiger partial charge in [-0.2, -0.15) is 18.6 Å². The smallest absolute Gasteiger partial charge is 0.227 e. The molecule has 0 heterocycles. The normalized spacial score (nSPS) is 8.40. The number of rotatable bonds is 1. The van der Waals surface area contributed by atoms with Gasteiger partial charge < -0.3 is 0 Å². The van der Waals surface area contributed by atoms with Gasteiger partial charge in [0, 0.05) is 0 Å². The second-order valence-corrected chi connectivity index (χ2v) is 1.83. The second-order valence-electron chi connectivity index (χ2n) is 1.83. The maximum Gasteiger partial charge on any atom is 0.227 e. The minimum atomic E-state index is 0.581. The first-order valence-corrected chi connectivity index (χ1v) is 2.83. The van der Waals surface area contributed by atoms with Crippen LogP contribution in [-0.4, -0.2) is 6.08 Å². The van der Waals surface area contributed by atoms with Gasteiger partial charge in [0.15, 0.2) is 0 Å². The van der Waals surface area contributed by atoms with Crippen LogP contribution < -0.4 is 0 Å². The Morgan fingerprint density at radius 2 is 2.10 bits per heavy atom. The van der Waals surface area contributed by atoms with Crippen molar-refractivity contribution in [1.82, 2.24) is 0 Å². The number of carbonyl (C=O) groups excluding carboxylic acids is 1. The van der Waals surface area contributed by atoms with Crippen molar-refractivity contribution in [1.29, 1.82) is 0 Å². The van der Waals surface area contributed by atoms with Gasteiger partial charge in [0.1, 0.15) is 0 Å². The zero-order valence-electron chi connectivity index (χ0n) is 5.37. The van der Waals surface area contributed by atoms with Crippen LogP contribution in [0, 0.1) is 6.92 Å².